The molecule has 0 spiro atoms. The van der Waals surface area contributed by atoms with Crippen LogP contribution in [0.4, 0.5) is 0 Å². The Hall–Kier alpha value is -1.77. The van der Waals surface area contributed by atoms with E-state index < -0.39 is 15.9 Å². The highest BCUT2D eigenvalue weighted by molar-refractivity contribution is 7.90. The topological polar surface area (TPSA) is 96.5 Å². The van der Waals surface area contributed by atoms with Gasteiger partial charge in [0.25, 0.3) is 0 Å². The molecule has 0 unspecified atom stereocenters. The van der Waals surface area contributed by atoms with Gasteiger partial charge in [-0.25, -0.2) is 8.42 Å². The van der Waals surface area contributed by atoms with E-state index in [1.165, 1.54) is 12.8 Å². The van der Waals surface area contributed by atoms with E-state index in [1.54, 1.807) is 24.3 Å². The number of aromatic nitrogens is 2. The molecule has 2 atom stereocenters. The molecule has 2 heterocycles. The SMILES string of the molecule is Cc1ccc(S(=O)(=O)Cc2noc([C@@H]3C[C@@H](O)CN3CC3CC3)n2)cc1. The number of hydrogen-bond acceptors (Lipinski definition) is 7. The summed E-state index contributed by atoms with van der Waals surface area (Å²) in [6.45, 7) is 3.42. The molecule has 1 aromatic carbocycles. The first-order valence-corrected chi connectivity index (χ1v) is 10.6. The van der Waals surface area contributed by atoms with Crippen molar-refractivity contribution in [2.45, 2.75) is 49.0 Å². The Bertz CT molecular complexity index is 874. The third-order valence-electron chi connectivity index (χ3n) is 5.04. The highest BCUT2D eigenvalue weighted by Gasteiger charge is 2.38. The van der Waals surface area contributed by atoms with Crippen molar-refractivity contribution in [1.82, 2.24) is 15.0 Å². The van der Waals surface area contributed by atoms with E-state index in [1.807, 2.05) is 6.92 Å². The average molecular weight is 377 g/mol. The molecule has 2 aliphatic rings. The van der Waals surface area contributed by atoms with Crippen molar-refractivity contribution in [3.05, 3.63) is 41.5 Å². The summed E-state index contributed by atoms with van der Waals surface area (Å²) in [5.74, 6) is 0.953. The number of likely N-dealkylation sites (tertiary alicyclic amines) is 1. The third kappa shape index (κ3) is 3.82. The van der Waals surface area contributed by atoms with E-state index in [2.05, 4.69) is 15.0 Å². The van der Waals surface area contributed by atoms with Crippen molar-refractivity contribution >= 4 is 9.84 Å². The fraction of sp³-hybridized carbons (Fsp3) is 0.556. The zero-order valence-electron chi connectivity index (χ0n) is 14.7. The Morgan fingerprint density at radius 1 is 1.27 bits per heavy atom. The van der Waals surface area contributed by atoms with E-state index in [4.69, 9.17) is 4.52 Å². The van der Waals surface area contributed by atoms with Crippen molar-refractivity contribution in [3.63, 3.8) is 0 Å². The number of aryl methyl sites for hydroxylation is 1. The highest BCUT2D eigenvalue weighted by Crippen LogP contribution is 2.37. The fourth-order valence-electron chi connectivity index (χ4n) is 3.43. The van der Waals surface area contributed by atoms with Crippen molar-refractivity contribution < 1.29 is 18.0 Å². The molecule has 140 valence electrons. The Kier molecular flexibility index (Phi) is 4.58. The second kappa shape index (κ2) is 6.75. The molecular weight excluding hydrogens is 354 g/mol. The maximum Gasteiger partial charge on any atom is 0.244 e. The lowest BCUT2D eigenvalue weighted by atomic mass is 10.2. The van der Waals surface area contributed by atoms with Crippen LogP contribution in [0.1, 0.15) is 42.6 Å². The Labute approximate surface area is 152 Å². The molecule has 4 rings (SSSR count). The molecule has 26 heavy (non-hydrogen) atoms. The van der Waals surface area contributed by atoms with Crippen LogP contribution in [0.15, 0.2) is 33.7 Å². The maximum atomic E-state index is 12.5. The van der Waals surface area contributed by atoms with E-state index >= 15 is 0 Å². The van der Waals surface area contributed by atoms with Gasteiger partial charge >= 0.3 is 0 Å². The predicted octanol–water partition coefficient (Wildman–Crippen LogP) is 1.87. The largest absolute Gasteiger partial charge is 0.392 e. The molecule has 0 bridgehead atoms. The smallest absolute Gasteiger partial charge is 0.244 e. The molecule has 1 N–H and O–H groups in total. The summed E-state index contributed by atoms with van der Waals surface area (Å²) in [5.41, 5.74) is 1.00. The summed E-state index contributed by atoms with van der Waals surface area (Å²) >= 11 is 0. The van der Waals surface area contributed by atoms with Gasteiger partial charge in [0, 0.05) is 13.1 Å². The van der Waals surface area contributed by atoms with Crippen LogP contribution in [0.5, 0.6) is 0 Å². The minimum Gasteiger partial charge on any atom is -0.392 e. The first-order valence-electron chi connectivity index (χ1n) is 8.95. The van der Waals surface area contributed by atoms with Crippen molar-refractivity contribution in [3.8, 4) is 0 Å². The molecule has 1 aliphatic carbocycles. The van der Waals surface area contributed by atoms with E-state index in [0.717, 1.165) is 12.1 Å². The molecule has 0 amide bonds. The third-order valence-corrected chi connectivity index (χ3v) is 6.67. The minimum absolute atomic E-state index is 0.131. The lowest BCUT2D eigenvalue weighted by molar-refractivity contribution is 0.170. The highest BCUT2D eigenvalue weighted by atomic mass is 32.2. The number of nitrogens with zero attached hydrogens (tertiary/aromatic N) is 3. The molecular formula is C18H23N3O4S. The van der Waals surface area contributed by atoms with Gasteiger partial charge in [-0.05, 0) is 44.2 Å². The van der Waals surface area contributed by atoms with Gasteiger partial charge in [-0.15, -0.1) is 0 Å². The van der Waals surface area contributed by atoms with Crippen LogP contribution in [-0.2, 0) is 15.6 Å². The summed E-state index contributed by atoms with van der Waals surface area (Å²) in [5, 5.41) is 13.9. The molecule has 2 fully saturated rings. The Morgan fingerprint density at radius 2 is 2.00 bits per heavy atom. The van der Waals surface area contributed by atoms with Gasteiger partial charge in [0.15, 0.2) is 15.7 Å². The monoisotopic (exact) mass is 377 g/mol. The van der Waals surface area contributed by atoms with Crippen LogP contribution in [0.2, 0.25) is 0 Å². The molecule has 1 aliphatic heterocycles. The van der Waals surface area contributed by atoms with Gasteiger partial charge in [-0.3, -0.25) is 4.90 Å². The molecule has 1 saturated carbocycles. The second-order valence-electron chi connectivity index (χ2n) is 7.42. The summed E-state index contributed by atoms with van der Waals surface area (Å²) in [4.78, 5) is 6.75. The van der Waals surface area contributed by atoms with Crippen LogP contribution in [-0.4, -0.2) is 47.8 Å². The van der Waals surface area contributed by atoms with Crippen LogP contribution in [0.25, 0.3) is 0 Å². The van der Waals surface area contributed by atoms with Gasteiger partial charge in [-0.1, -0.05) is 22.9 Å². The number of β-amino-alcohol motifs (C(OH)–C–C–N with tert-alkyl or cyclic N) is 1. The second-order valence-corrected chi connectivity index (χ2v) is 9.41. The molecule has 7 nitrogen and oxygen atoms in total. The summed E-state index contributed by atoms with van der Waals surface area (Å²) in [7, 11) is -3.52. The lowest BCUT2D eigenvalue weighted by Gasteiger charge is -2.20. The molecule has 1 saturated heterocycles. The van der Waals surface area contributed by atoms with Crippen LogP contribution in [0.3, 0.4) is 0 Å². The van der Waals surface area contributed by atoms with Gasteiger partial charge < -0.3 is 9.63 Å². The van der Waals surface area contributed by atoms with E-state index in [9.17, 15) is 13.5 Å². The van der Waals surface area contributed by atoms with Crippen LogP contribution < -0.4 is 0 Å². The minimum atomic E-state index is -3.52. The van der Waals surface area contributed by atoms with Crippen LogP contribution >= 0.6 is 0 Å². The Balaban J connectivity index is 1.49. The van der Waals surface area contributed by atoms with Gasteiger partial charge in [0.2, 0.25) is 5.89 Å². The van der Waals surface area contributed by atoms with Crippen LogP contribution in [0, 0.1) is 12.8 Å². The molecule has 2 aromatic rings. The van der Waals surface area contributed by atoms with Crippen molar-refractivity contribution in [2.75, 3.05) is 13.1 Å². The number of hydrogen-bond donors (Lipinski definition) is 1. The van der Waals surface area contributed by atoms with E-state index in [0.29, 0.717) is 24.8 Å². The quantitative estimate of drug-likeness (QED) is 0.821. The number of rotatable bonds is 6. The standard InChI is InChI=1S/C18H23N3O4S/c1-12-2-6-15(7-3-12)26(23,24)11-17-19-18(25-20-17)16-8-14(22)10-21(16)9-13-4-5-13/h2-3,6-7,13-14,16,22H,4-5,8-11H2,1H3/t14-,16+/m1/s1. The summed E-state index contributed by atoms with van der Waals surface area (Å²) < 4.78 is 30.4. The van der Waals surface area contributed by atoms with Crippen molar-refractivity contribution in [1.29, 1.82) is 0 Å². The van der Waals surface area contributed by atoms with E-state index in [-0.39, 0.29) is 22.5 Å². The lowest BCUT2D eigenvalue weighted by Crippen LogP contribution is -2.27. The summed E-state index contributed by atoms with van der Waals surface area (Å²) in [6, 6.07) is 6.59. The van der Waals surface area contributed by atoms with Crippen molar-refractivity contribution in [2.24, 2.45) is 5.92 Å². The normalized spacial score (nSPS) is 24.2. The van der Waals surface area contributed by atoms with Gasteiger partial charge in [0.1, 0.15) is 5.75 Å². The zero-order valence-corrected chi connectivity index (χ0v) is 15.5. The summed E-state index contributed by atoms with van der Waals surface area (Å²) in [6.07, 6.45) is 2.58. The predicted molar refractivity (Wildman–Crippen MR) is 94.0 cm³/mol. The number of benzene rings is 1. The molecule has 1 aromatic heterocycles. The number of sulfone groups is 1. The number of aliphatic hydroxyl groups is 1. The fourth-order valence-corrected chi connectivity index (χ4v) is 4.61. The average Bonchev–Trinajstić information content (AvgIpc) is 3.15. The number of aliphatic hydroxyl groups excluding tert-OH is 1. The maximum absolute atomic E-state index is 12.5. The first kappa shape index (κ1) is 17.6. The molecule has 0 radical (unpaired) electrons. The van der Waals surface area contributed by atoms with Gasteiger partial charge in [0.05, 0.1) is 17.0 Å². The Morgan fingerprint density at radius 3 is 2.69 bits per heavy atom. The first-order chi connectivity index (χ1) is 12.4. The zero-order chi connectivity index (χ0) is 18.3. The molecule has 8 heteroatoms. The van der Waals surface area contributed by atoms with Gasteiger partial charge in [-0.2, -0.15) is 4.98 Å².